The van der Waals surface area contributed by atoms with Gasteiger partial charge in [-0.1, -0.05) is 12.1 Å². The van der Waals surface area contributed by atoms with Gasteiger partial charge in [-0.05, 0) is 24.1 Å². The van der Waals surface area contributed by atoms with Gasteiger partial charge in [0.1, 0.15) is 22.8 Å². The van der Waals surface area contributed by atoms with Gasteiger partial charge in [0.05, 0.1) is 0 Å². The standard InChI is InChI=1S/C14H11FN2O5/c1-5-2-3-6(4-7(5)15)8-9(13(19)20)11(16)17-12(18)10(8)14(21)22/h2-4H,1H3,(H,19,20)(H,21,22)(H3,16,17,18). The average molecular weight is 306 g/mol. The number of halogens is 1. The lowest BCUT2D eigenvalue weighted by Crippen LogP contribution is -2.24. The fourth-order valence-electron chi connectivity index (χ4n) is 2.08. The van der Waals surface area contributed by atoms with Crippen LogP contribution < -0.4 is 11.3 Å². The molecule has 2 aromatic rings. The molecule has 0 aliphatic rings. The number of aromatic carboxylic acids is 2. The number of hydrogen-bond donors (Lipinski definition) is 4. The van der Waals surface area contributed by atoms with Gasteiger partial charge in [-0.2, -0.15) is 0 Å². The number of carboxylic acid groups (broad SMARTS) is 2. The summed E-state index contributed by atoms with van der Waals surface area (Å²) in [7, 11) is 0. The van der Waals surface area contributed by atoms with Gasteiger partial charge in [-0.15, -0.1) is 0 Å². The van der Waals surface area contributed by atoms with E-state index < -0.39 is 45.8 Å². The van der Waals surface area contributed by atoms with E-state index in [-0.39, 0.29) is 11.1 Å². The monoisotopic (exact) mass is 306 g/mol. The molecule has 22 heavy (non-hydrogen) atoms. The van der Waals surface area contributed by atoms with Crippen molar-refractivity contribution in [2.75, 3.05) is 5.73 Å². The topological polar surface area (TPSA) is 133 Å². The molecule has 0 radical (unpaired) electrons. The molecule has 0 unspecified atom stereocenters. The van der Waals surface area contributed by atoms with Crippen LogP contribution in [0.25, 0.3) is 11.1 Å². The number of pyridine rings is 1. The number of H-pyrrole nitrogens is 1. The van der Waals surface area contributed by atoms with Crippen LogP contribution in [-0.4, -0.2) is 27.1 Å². The van der Waals surface area contributed by atoms with Crippen molar-refractivity contribution in [2.45, 2.75) is 6.92 Å². The van der Waals surface area contributed by atoms with Crippen LogP contribution in [-0.2, 0) is 0 Å². The third-order valence-corrected chi connectivity index (χ3v) is 3.13. The van der Waals surface area contributed by atoms with Crippen molar-refractivity contribution < 1.29 is 24.2 Å². The number of carboxylic acids is 2. The fourth-order valence-corrected chi connectivity index (χ4v) is 2.08. The summed E-state index contributed by atoms with van der Waals surface area (Å²) in [4.78, 5) is 36.4. The maximum atomic E-state index is 13.7. The summed E-state index contributed by atoms with van der Waals surface area (Å²) in [6.45, 7) is 1.49. The Morgan fingerprint density at radius 1 is 1.18 bits per heavy atom. The van der Waals surface area contributed by atoms with Gasteiger partial charge in [-0.25, -0.2) is 14.0 Å². The molecule has 0 amide bonds. The summed E-state index contributed by atoms with van der Waals surface area (Å²) in [6, 6.07) is 3.63. The van der Waals surface area contributed by atoms with E-state index in [1.54, 1.807) is 0 Å². The fraction of sp³-hybridized carbons (Fsp3) is 0.0714. The second kappa shape index (κ2) is 5.32. The molecule has 0 aliphatic carbocycles. The van der Waals surface area contributed by atoms with Gasteiger partial charge in [0.2, 0.25) is 0 Å². The van der Waals surface area contributed by atoms with Gasteiger partial charge in [0, 0.05) is 5.56 Å². The Morgan fingerprint density at radius 2 is 1.77 bits per heavy atom. The van der Waals surface area contributed by atoms with E-state index in [1.807, 2.05) is 4.98 Å². The molecule has 1 heterocycles. The average Bonchev–Trinajstić information content (AvgIpc) is 2.39. The maximum absolute atomic E-state index is 13.7. The first-order chi connectivity index (χ1) is 10.2. The molecule has 2 rings (SSSR count). The first kappa shape index (κ1) is 15.2. The Kier molecular flexibility index (Phi) is 3.68. The van der Waals surface area contributed by atoms with Crippen LogP contribution in [0.3, 0.4) is 0 Å². The number of nitrogen functional groups attached to an aromatic ring is 1. The molecule has 0 atom stereocenters. The first-order valence-corrected chi connectivity index (χ1v) is 6.03. The number of rotatable bonds is 3. The quantitative estimate of drug-likeness (QED) is 0.678. The maximum Gasteiger partial charge on any atom is 0.342 e. The number of aromatic amines is 1. The molecule has 1 aromatic carbocycles. The van der Waals surface area contributed by atoms with Gasteiger partial charge < -0.3 is 20.9 Å². The van der Waals surface area contributed by atoms with Crippen molar-refractivity contribution in [3.63, 3.8) is 0 Å². The van der Waals surface area contributed by atoms with E-state index in [9.17, 15) is 29.0 Å². The van der Waals surface area contributed by atoms with Crippen LogP contribution in [0.1, 0.15) is 26.3 Å². The lowest BCUT2D eigenvalue weighted by Gasteiger charge is -2.12. The number of benzene rings is 1. The molecule has 114 valence electrons. The van der Waals surface area contributed by atoms with E-state index >= 15 is 0 Å². The zero-order valence-electron chi connectivity index (χ0n) is 11.3. The number of nitrogens with two attached hydrogens (primary N) is 1. The Hall–Kier alpha value is -3.16. The molecule has 0 bridgehead atoms. The highest BCUT2D eigenvalue weighted by atomic mass is 19.1. The Bertz CT molecular complexity index is 857. The molecule has 1 aromatic heterocycles. The SMILES string of the molecule is Cc1ccc(-c2c(C(=O)O)c(N)[nH]c(=O)c2C(=O)O)cc1F. The first-order valence-electron chi connectivity index (χ1n) is 6.03. The predicted molar refractivity (Wildman–Crippen MR) is 75.5 cm³/mol. The number of hydrogen-bond acceptors (Lipinski definition) is 4. The van der Waals surface area contributed by atoms with E-state index in [0.29, 0.717) is 0 Å². The number of nitrogens with one attached hydrogen (secondary N) is 1. The molecular formula is C14H11FN2O5. The zero-order valence-corrected chi connectivity index (χ0v) is 11.3. The largest absolute Gasteiger partial charge is 0.478 e. The molecule has 7 nitrogen and oxygen atoms in total. The van der Waals surface area contributed by atoms with Crippen LogP contribution in [0, 0.1) is 12.7 Å². The summed E-state index contributed by atoms with van der Waals surface area (Å²) in [5.74, 6) is -4.34. The lowest BCUT2D eigenvalue weighted by molar-refractivity contribution is 0.0695. The molecule has 0 saturated heterocycles. The van der Waals surface area contributed by atoms with E-state index in [1.165, 1.54) is 19.1 Å². The van der Waals surface area contributed by atoms with E-state index in [4.69, 9.17) is 5.73 Å². The summed E-state index contributed by atoms with van der Waals surface area (Å²) in [5, 5.41) is 18.4. The highest BCUT2D eigenvalue weighted by molar-refractivity contribution is 6.07. The number of aromatic nitrogens is 1. The highest BCUT2D eigenvalue weighted by Crippen LogP contribution is 2.30. The number of aryl methyl sites for hydroxylation is 1. The molecule has 0 fully saturated rings. The van der Waals surface area contributed by atoms with E-state index in [2.05, 4.69) is 0 Å². The van der Waals surface area contributed by atoms with Crippen molar-refractivity contribution in [3.05, 3.63) is 51.1 Å². The van der Waals surface area contributed by atoms with Crippen molar-refractivity contribution in [3.8, 4) is 11.1 Å². The van der Waals surface area contributed by atoms with Gasteiger partial charge in [-0.3, -0.25) is 4.79 Å². The highest BCUT2D eigenvalue weighted by Gasteiger charge is 2.26. The number of carbonyl (C=O) groups is 2. The Balaban J connectivity index is 2.98. The second-order valence-corrected chi connectivity index (χ2v) is 4.57. The van der Waals surface area contributed by atoms with Crippen molar-refractivity contribution in [1.29, 1.82) is 0 Å². The summed E-state index contributed by atoms with van der Waals surface area (Å²) < 4.78 is 13.7. The predicted octanol–water partition coefficient (Wildman–Crippen LogP) is 1.47. The summed E-state index contributed by atoms with van der Waals surface area (Å²) in [5.41, 5.74) is 2.80. The third-order valence-electron chi connectivity index (χ3n) is 3.13. The van der Waals surface area contributed by atoms with Gasteiger partial charge >= 0.3 is 11.9 Å². The second-order valence-electron chi connectivity index (χ2n) is 4.57. The summed E-state index contributed by atoms with van der Waals surface area (Å²) in [6.07, 6.45) is 0. The van der Waals surface area contributed by atoms with Crippen LogP contribution in [0.15, 0.2) is 23.0 Å². The molecule has 0 saturated carbocycles. The lowest BCUT2D eigenvalue weighted by atomic mass is 9.94. The van der Waals surface area contributed by atoms with Crippen LogP contribution >= 0.6 is 0 Å². The normalized spacial score (nSPS) is 10.5. The molecule has 8 heteroatoms. The molecule has 5 N–H and O–H groups in total. The van der Waals surface area contributed by atoms with Crippen LogP contribution in [0.4, 0.5) is 10.2 Å². The van der Waals surface area contributed by atoms with Crippen LogP contribution in [0.5, 0.6) is 0 Å². The van der Waals surface area contributed by atoms with Crippen molar-refractivity contribution in [1.82, 2.24) is 4.98 Å². The Labute approximate surface area is 122 Å². The number of anilines is 1. The van der Waals surface area contributed by atoms with Gasteiger partial charge in [0.25, 0.3) is 5.56 Å². The van der Waals surface area contributed by atoms with E-state index in [0.717, 1.165) is 6.07 Å². The minimum Gasteiger partial charge on any atom is -0.478 e. The van der Waals surface area contributed by atoms with Crippen molar-refractivity contribution >= 4 is 17.8 Å². The smallest absolute Gasteiger partial charge is 0.342 e. The minimum absolute atomic E-state index is 0.0595. The molecule has 0 aliphatic heterocycles. The van der Waals surface area contributed by atoms with Gasteiger partial charge in [0.15, 0.2) is 0 Å². The minimum atomic E-state index is -1.64. The van der Waals surface area contributed by atoms with Crippen LogP contribution in [0.2, 0.25) is 0 Å². The van der Waals surface area contributed by atoms with Crippen molar-refractivity contribution in [2.24, 2.45) is 0 Å². The third kappa shape index (κ3) is 2.41. The summed E-state index contributed by atoms with van der Waals surface area (Å²) >= 11 is 0. The molecule has 0 spiro atoms. The molecular weight excluding hydrogens is 295 g/mol. The Morgan fingerprint density at radius 3 is 2.27 bits per heavy atom. The zero-order chi connectivity index (χ0) is 16.6.